The number of hydrogen-bond acceptors (Lipinski definition) is 7. The molecule has 2 fully saturated rings. The van der Waals surface area contributed by atoms with Crippen LogP contribution in [0.1, 0.15) is 44.1 Å². The molecule has 4 heterocycles. The van der Waals surface area contributed by atoms with E-state index in [9.17, 15) is 9.50 Å². The SMILES string of the molecule is CCc1cc(F)cc2c1[nH]c1nc(Oc3cnc(C(C)O)c(Cl)c3)nc(N3C[C@H]4C[C@@H]3C[C@H]4N)c12. The summed E-state index contributed by atoms with van der Waals surface area (Å²) in [6.07, 6.45) is 3.26. The molecule has 1 saturated heterocycles. The van der Waals surface area contributed by atoms with Crippen LogP contribution < -0.4 is 15.4 Å². The molecule has 1 saturated carbocycles. The van der Waals surface area contributed by atoms with E-state index in [0.29, 0.717) is 40.3 Å². The average Bonchev–Trinajstić information content (AvgIpc) is 3.49. The Morgan fingerprint density at radius 3 is 2.80 bits per heavy atom. The second-order valence-electron chi connectivity index (χ2n) is 9.54. The van der Waals surface area contributed by atoms with Crippen LogP contribution in [0.25, 0.3) is 21.9 Å². The van der Waals surface area contributed by atoms with Crippen molar-refractivity contribution >= 4 is 39.4 Å². The van der Waals surface area contributed by atoms with Gasteiger partial charge in [0.15, 0.2) is 5.75 Å². The highest BCUT2D eigenvalue weighted by atomic mass is 35.5. The summed E-state index contributed by atoms with van der Waals surface area (Å²) < 4.78 is 20.5. The first kappa shape index (κ1) is 22.5. The second-order valence-corrected chi connectivity index (χ2v) is 9.94. The van der Waals surface area contributed by atoms with Gasteiger partial charge in [-0.15, -0.1) is 0 Å². The number of hydrogen-bond donors (Lipinski definition) is 3. The summed E-state index contributed by atoms with van der Waals surface area (Å²) in [5.74, 6) is 1.18. The van der Waals surface area contributed by atoms with Gasteiger partial charge < -0.3 is 25.5 Å². The van der Waals surface area contributed by atoms with Crippen molar-refractivity contribution in [2.24, 2.45) is 11.7 Å². The summed E-state index contributed by atoms with van der Waals surface area (Å²) in [4.78, 5) is 19.3. The van der Waals surface area contributed by atoms with Crippen LogP contribution in [-0.4, -0.2) is 43.7 Å². The van der Waals surface area contributed by atoms with Gasteiger partial charge in [-0.3, -0.25) is 4.98 Å². The van der Waals surface area contributed by atoms with Gasteiger partial charge in [-0.25, -0.2) is 4.39 Å². The lowest BCUT2D eigenvalue weighted by Gasteiger charge is -2.31. The van der Waals surface area contributed by atoms with Gasteiger partial charge in [0, 0.05) is 30.1 Å². The van der Waals surface area contributed by atoms with Gasteiger partial charge in [-0.05, 0) is 49.8 Å². The molecule has 1 aromatic carbocycles. The average molecular weight is 497 g/mol. The van der Waals surface area contributed by atoms with Crippen molar-refractivity contribution in [3.05, 3.63) is 46.5 Å². The maximum Gasteiger partial charge on any atom is 0.326 e. The number of ether oxygens (including phenoxy) is 1. The predicted octanol–water partition coefficient (Wildman–Crippen LogP) is 4.63. The molecule has 182 valence electrons. The Bertz CT molecular complexity index is 1460. The largest absolute Gasteiger partial charge is 0.422 e. The molecular weight excluding hydrogens is 471 g/mol. The van der Waals surface area contributed by atoms with E-state index < -0.39 is 6.10 Å². The number of pyridine rings is 1. The number of piperidine rings is 1. The minimum Gasteiger partial charge on any atom is -0.422 e. The van der Waals surface area contributed by atoms with E-state index in [1.54, 1.807) is 25.1 Å². The molecule has 6 rings (SSSR count). The van der Waals surface area contributed by atoms with Gasteiger partial charge in [-0.1, -0.05) is 18.5 Å². The van der Waals surface area contributed by atoms with Crippen molar-refractivity contribution in [1.82, 2.24) is 19.9 Å². The van der Waals surface area contributed by atoms with E-state index in [1.807, 2.05) is 6.92 Å². The molecular formula is C25H26ClFN6O2. The first-order valence-electron chi connectivity index (χ1n) is 11.9. The third kappa shape index (κ3) is 3.69. The van der Waals surface area contributed by atoms with E-state index in [0.717, 1.165) is 41.2 Å². The number of aryl methyl sites for hydroxylation is 1. The summed E-state index contributed by atoms with van der Waals surface area (Å²) in [5.41, 5.74) is 8.97. The number of nitrogens with one attached hydrogen (secondary N) is 1. The van der Waals surface area contributed by atoms with Gasteiger partial charge >= 0.3 is 6.01 Å². The first-order valence-corrected chi connectivity index (χ1v) is 12.3. The molecule has 3 aromatic heterocycles. The molecule has 2 bridgehead atoms. The highest BCUT2D eigenvalue weighted by molar-refractivity contribution is 6.31. The van der Waals surface area contributed by atoms with Gasteiger partial charge in [0.1, 0.15) is 17.3 Å². The standard InChI is InChI=1S/C25H26ClFN6O2/c1-3-12-4-14(27)6-17-20-23(30-22(12)17)31-25(35-16-8-18(26)21(11(2)34)29-9-16)32-24(20)33-10-13-5-15(33)7-19(13)28/h4,6,8-9,11,13,15,19,34H,3,5,7,10,28H2,1-2H3,(H,30,31,32)/t11?,13-,15-,19-/m1/s1. The van der Waals surface area contributed by atoms with E-state index >= 15 is 0 Å². The lowest BCUT2D eigenvalue weighted by molar-refractivity contribution is 0.194. The van der Waals surface area contributed by atoms with Gasteiger partial charge in [0.2, 0.25) is 0 Å². The lowest BCUT2D eigenvalue weighted by atomic mass is 10.0. The zero-order valence-electron chi connectivity index (χ0n) is 19.4. The molecule has 1 unspecified atom stereocenters. The smallest absolute Gasteiger partial charge is 0.326 e. The zero-order chi connectivity index (χ0) is 24.4. The Morgan fingerprint density at radius 2 is 2.14 bits per heavy atom. The van der Waals surface area contributed by atoms with Crippen molar-refractivity contribution in [2.45, 2.75) is 51.3 Å². The monoisotopic (exact) mass is 496 g/mol. The van der Waals surface area contributed by atoms with Crippen LogP contribution in [0, 0.1) is 11.7 Å². The number of aliphatic hydroxyl groups is 1. The second kappa shape index (κ2) is 8.29. The molecule has 35 heavy (non-hydrogen) atoms. The van der Waals surface area contributed by atoms with Gasteiger partial charge in [0.25, 0.3) is 0 Å². The number of H-pyrrole nitrogens is 1. The highest BCUT2D eigenvalue weighted by Crippen LogP contribution is 2.44. The Labute approximate surface area is 206 Å². The summed E-state index contributed by atoms with van der Waals surface area (Å²) in [6, 6.07) is 5.27. The number of nitrogens with two attached hydrogens (primary N) is 1. The molecule has 2 aliphatic rings. The fourth-order valence-electron chi connectivity index (χ4n) is 5.58. The molecule has 1 aliphatic carbocycles. The highest BCUT2D eigenvalue weighted by Gasteiger charge is 2.44. The first-order chi connectivity index (χ1) is 16.8. The van der Waals surface area contributed by atoms with Gasteiger partial charge in [0.05, 0.1) is 33.9 Å². The minimum absolute atomic E-state index is 0.132. The number of nitrogens with zero attached hydrogens (tertiary/aromatic N) is 4. The van der Waals surface area contributed by atoms with E-state index in [4.69, 9.17) is 27.1 Å². The van der Waals surface area contributed by atoms with Crippen LogP contribution in [0.2, 0.25) is 5.02 Å². The van der Waals surface area contributed by atoms with Crippen LogP contribution in [0.4, 0.5) is 10.2 Å². The number of rotatable bonds is 5. The molecule has 10 heteroatoms. The number of aliphatic hydroxyl groups excluding tert-OH is 1. The van der Waals surface area contributed by atoms with Crippen LogP contribution >= 0.6 is 11.6 Å². The number of aromatic nitrogens is 4. The Balaban J connectivity index is 1.50. The topological polar surface area (TPSA) is 113 Å². The summed E-state index contributed by atoms with van der Waals surface area (Å²) in [6.45, 7) is 4.38. The number of anilines is 1. The van der Waals surface area contributed by atoms with Crippen molar-refractivity contribution in [2.75, 3.05) is 11.4 Å². The van der Waals surface area contributed by atoms with Crippen molar-refractivity contribution in [3.8, 4) is 11.8 Å². The zero-order valence-corrected chi connectivity index (χ0v) is 20.2. The van der Waals surface area contributed by atoms with Crippen molar-refractivity contribution in [1.29, 1.82) is 0 Å². The molecule has 0 radical (unpaired) electrons. The third-order valence-electron chi connectivity index (χ3n) is 7.27. The molecule has 0 spiro atoms. The summed E-state index contributed by atoms with van der Waals surface area (Å²) >= 11 is 6.27. The Morgan fingerprint density at radius 1 is 1.31 bits per heavy atom. The fraction of sp³-hybridized carbons (Fsp3) is 0.400. The van der Waals surface area contributed by atoms with E-state index in [1.165, 1.54) is 6.20 Å². The number of fused-ring (bicyclic) bond motifs is 5. The quantitative estimate of drug-likeness (QED) is 0.369. The predicted molar refractivity (Wildman–Crippen MR) is 133 cm³/mol. The molecule has 8 nitrogen and oxygen atoms in total. The molecule has 1 aliphatic heterocycles. The lowest BCUT2D eigenvalue weighted by Crippen LogP contribution is -2.41. The third-order valence-corrected chi connectivity index (χ3v) is 7.57. The Kier molecular flexibility index (Phi) is 5.32. The maximum absolute atomic E-state index is 14.5. The Hall–Kier alpha value is -3.01. The summed E-state index contributed by atoms with van der Waals surface area (Å²) in [5, 5.41) is 11.6. The van der Waals surface area contributed by atoms with Crippen LogP contribution in [0.3, 0.4) is 0 Å². The van der Waals surface area contributed by atoms with Crippen molar-refractivity contribution in [3.63, 3.8) is 0 Å². The molecule has 4 aromatic rings. The number of halogens is 2. The van der Waals surface area contributed by atoms with Crippen molar-refractivity contribution < 1.29 is 14.2 Å². The van der Waals surface area contributed by atoms with Crippen LogP contribution in [0.15, 0.2) is 24.4 Å². The summed E-state index contributed by atoms with van der Waals surface area (Å²) in [7, 11) is 0. The van der Waals surface area contributed by atoms with Crippen LogP contribution in [0.5, 0.6) is 11.8 Å². The van der Waals surface area contributed by atoms with Gasteiger partial charge in [-0.2, -0.15) is 9.97 Å². The molecule has 4 N–H and O–H groups in total. The maximum atomic E-state index is 14.5. The van der Waals surface area contributed by atoms with E-state index in [2.05, 4.69) is 19.9 Å². The normalized spacial score (nSPS) is 22.5. The van der Waals surface area contributed by atoms with Crippen LogP contribution in [-0.2, 0) is 6.42 Å². The number of benzene rings is 1. The number of aromatic amines is 1. The minimum atomic E-state index is -0.799. The molecule has 0 amide bonds. The fourth-order valence-corrected chi connectivity index (χ4v) is 5.89. The van der Waals surface area contributed by atoms with E-state index in [-0.39, 0.29) is 23.9 Å². The molecule has 4 atom stereocenters.